The minimum absolute atomic E-state index is 0.0997. The quantitative estimate of drug-likeness (QED) is 0.702. The topological polar surface area (TPSA) is 83.1 Å². The standard InChI is InChI=1S/C14H19FN4O2/c1-2-5-16-13-11(6-9(15)7-17-13)14(21)18-8-12(20)19-10-3-4-10/h6-7,10H,2-5,8H2,1H3,(H,16,17)(H,18,21)(H,19,20). The van der Waals surface area contributed by atoms with Gasteiger partial charge < -0.3 is 16.0 Å². The molecule has 1 aromatic rings. The Morgan fingerprint density at radius 1 is 1.43 bits per heavy atom. The molecule has 0 radical (unpaired) electrons. The van der Waals surface area contributed by atoms with Gasteiger partial charge in [-0.05, 0) is 25.3 Å². The fourth-order valence-electron chi connectivity index (χ4n) is 1.76. The highest BCUT2D eigenvalue weighted by Gasteiger charge is 2.23. The summed E-state index contributed by atoms with van der Waals surface area (Å²) in [6, 6.07) is 1.35. The summed E-state index contributed by atoms with van der Waals surface area (Å²) in [6.07, 6.45) is 3.87. The summed E-state index contributed by atoms with van der Waals surface area (Å²) < 4.78 is 13.3. The lowest BCUT2D eigenvalue weighted by atomic mass is 10.2. The zero-order valence-electron chi connectivity index (χ0n) is 11.9. The van der Waals surface area contributed by atoms with Crippen molar-refractivity contribution in [2.24, 2.45) is 0 Å². The van der Waals surface area contributed by atoms with Crippen LogP contribution >= 0.6 is 0 Å². The van der Waals surface area contributed by atoms with Gasteiger partial charge in [-0.2, -0.15) is 0 Å². The second kappa shape index (κ2) is 7.01. The van der Waals surface area contributed by atoms with E-state index in [-0.39, 0.29) is 24.1 Å². The predicted octanol–water partition coefficient (Wildman–Crippen LogP) is 1.05. The lowest BCUT2D eigenvalue weighted by Gasteiger charge is -2.11. The molecule has 3 N–H and O–H groups in total. The first kappa shape index (κ1) is 15.2. The monoisotopic (exact) mass is 294 g/mol. The molecule has 0 aliphatic heterocycles. The molecule has 1 heterocycles. The van der Waals surface area contributed by atoms with E-state index < -0.39 is 11.7 Å². The summed E-state index contributed by atoms with van der Waals surface area (Å²) in [4.78, 5) is 27.4. The van der Waals surface area contributed by atoms with Crippen LogP contribution in [0.5, 0.6) is 0 Å². The Bertz CT molecular complexity index is 532. The molecular formula is C14H19FN4O2. The molecule has 114 valence electrons. The number of aromatic nitrogens is 1. The number of carbonyl (C=O) groups excluding carboxylic acids is 2. The van der Waals surface area contributed by atoms with E-state index in [0.29, 0.717) is 12.4 Å². The number of anilines is 1. The minimum atomic E-state index is -0.593. The first-order chi connectivity index (χ1) is 10.1. The van der Waals surface area contributed by atoms with E-state index in [1.165, 1.54) is 0 Å². The number of hydrogen-bond donors (Lipinski definition) is 3. The summed E-state index contributed by atoms with van der Waals surface area (Å²) in [5.41, 5.74) is 0.0997. The summed E-state index contributed by atoms with van der Waals surface area (Å²) in [5.74, 6) is -1.03. The largest absolute Gasteiger partial charge is 0.369 e. The molecule has 0 aromatic carbocycles. The number of hydrogen-bond acceptors (Lipinski definition) is 4. The second-order valence-corrected chi connectivity index (χ2v) is 5.00. The molecule has 0 unspecified atom stereocenters. The highest BCUT2D eigenvalue weighted by atomic mass is 19.1. The predicted molar refractivity (Wildman–Crippen MR) is 76.5 cm³/mol. The molecule has 0 spiro atoms. The number of pyridine rings is 1. The van der Waals surface area contributed by atoms with Gasteiger partial charge >= 0.3 is 0 Å². The van der Waals surface area contributed by atoms with Crippen LogP contribution in [0.2, 0.25) is 0 Å². The van der Waals surface area contributed by atoms with Crippen LogP contribution in [0.3, 0.4) is 0 Å². The zero-order valence-corrected chi connectivity index (χ0v) is 11.9. The van der Waals surface area contributed by atoms with Gasteiger partial charge in [-0.25, -0.2) is 9.37 Å². The van der Waals surface area contributed by atoms with Crippen molar-refractivity contribution in [2.75, 3.05) is 18.4 Å². The van der Waals surface area contributed by atoms with Gasteiger partial charge in [0.25, 0.3) is 5.91 Å². The Balaban J connectivity index is 1.95. The molecule has 1 fully saturated rings. The van der Waals surface area contributed by atoms with Crippen LogP contribution in [0.15, 0.2) is 12.3 Å². The van der Waals surface area contributed by atoms with E-state index in [4.69, 9.17) is 0 Å². The Morgan fingerprint density at radius 2 is 2.19 bits per heavy atom. The maximum atomic E-state index is 13.3. The minimum Gasteiger partial charge on any atom is -0.369 e. The first-order valence-corrected chi connectivity index (χ1v) is 7.07. The number of rotatable bonds is 7. The van der Waals surface area contributed by atoms with Crippen LogP contribution in [-0.2, 0) is 4.79 Å². The van der Waals surface area contributed by atoms with Crippen LogP contribution in [0.1, 0.15) is 36.5 Å². The third-order valence-corrected chi connectivity index (χ3v) is 2.99. The maximum Gasteiger partial charge on any atom is 0.255 e. The van der Waals surface area contributed by atoms with Crippen LogP contribution < -0.4 is 16.0 Å². The second-order valence-electron chi connectivity index (χ2n) is 5.00. The first-order valence-electron chi connectivity index (χ1n) is 7.07. The summed E-state index contributed by atoms with van der Waals surface area (Å²) in [6.45, 7) is 2.47. The zero-order chi connectivity index (χ0) is 15.2. The van der Waals surface area contributed by atoms with Crippen molar-refractivity contribution >= 4 is 17.6 Å². The molecule has 1 aromatic heterocycles. The number of nitrogens with zero attached hydrogens (tertiary/aromatic N) is 1. The van der Waals surface area contributed by atoms with Crippen LogP contribution in [0, 0.1) is 5.82 Å². The molecular weight excluding hydrogens is 275 g/mol. The third kappa shape index (κ3) is 4.70. The van der Waals surface area contributed by atoms with Gasteiger partial charge in [0.05, 0.1) is 18.3 Å². The highest BCUT2D eigenvalue weighted by molar-refractivity contribution is 6.00. The van der Waals surface area contributed by atoms with Crippen molar-refractivity contribution in [3.63, 3.8) is 0 Å². The Hall–Kier alpha value is -2.18. The van der Waals surface area contributed by atoms with Crippen molar-refractivity contribution in [2.45, 2.75) is 32.2 Å². The maximum absolute atomic E-state index is 13.3. The number of halogens is 1. The fourth-order valence-corrected chi connectivity index (χ4v) is 1.76. The molecule has 7 heteroatoms. The van der Waals surface area contributed by atoms with Crippen LogP contribution in [-0.4, -0.2) is 35.9 Å². The average molecular weight is 294 g/mol. The molecule has 2 amide bonds. The van der Waals surface area contributed by atoms with Gasteiger partial charge in [0.1, 0.15) is 11.6 Å². The van der Waals surface area contributed by atoms with Gasteiger partial charge in [0, 0.05) is 12.6 Å². The molecule has 21 heavy (non-hydrogen) atoms. The van der Waals surface area contributed by atoms with E-state index in [2.05, 4.69) is 20.9 Å². The van der Waals surface area contributed by atoms with Gasteiger partial charge in [-0.1, -0.05) is 6.92 Å². The third-order valence-electron chi connectivity index (χ3n) is 2.99. The Labute approximate surface area is 122 Å². The molecule has 1 saturated carbocycles. The smallest absolute Gasteiger partial charge is 0.255 e. The van der Waals surface area contributed by atoms with E-state index in [1.807, 2.05) is 6.92 Å². The van der Waals surface area contributed by atoms with Gasteiger partial charge in [0.2, 0.25) is 5.91 Å². The highest BCUT2D eigenvalue weighted by Crippen LogP contribution is 2.18. The van der Waals surface area contributed by atoms with E-state index in [9.17, 15) is 14.0 Å². The normalized spacial score (nSPS) is 13.6. The van der Waals surface area contributed by atoms with E-state index in [0.717, 1.165) is 31.5 Å². The molecule has 2 rings (SSSR count). The summed E-state index contributed by atoms with van der Waals surface area (Å²) in [5, 5.41) is 8.20. The molecule has 0 atom stereocenters. The van der Waals surface area contributed by atoms with Gasteiger partial charge in [0.15, 0.2) is 0 Å². The number of carbonyl (C=O) groups is 2. The Morgan fingerprint density at radius 3 is 2.86 bits per heavy atom. The SMILES string of the molecule is CCCNc1ncc(F)cc1C(=O)NCC(=O)NC1CC1. The molecule has 0 saturated heterocycles. The fraction of sp³-hybridized carbons (Fsp3) is 0.500. The lowest BCUT2D eigenvalue weighted by molar-refractivity contribution is -0.120. The van der Waals surface area contributed by atoms with Crippen molar-refractivity contribution in [3.8, 4) is 0 Å². The molecule has 1 aliphatic rings. The van der Waals surface area contributed by atoms with Crippen molar-refractivity contribution in [1.29, 1.82) is 0 Å². The van der Waals surface area contributed by atoms with E-state index >= 15 is 0 Å². The van der Waals surface area contributed by atoms with Crippen molar-refractivity contribution < 1.29 is 14.0 Å². The van der Waals surface area contributed by atoms with Crippen molar-refractivity contribution in [1.82, 2.24) is 15.6 Å². The van der Waals surface area contributed by atoms with Crippen LogP contribution in [0.25, 0.3) is 0 Å². The van der Waals surface area contributed by atoms with Crippen molar-refractivity contribution in [3.05, 3.63) is 23.6 Å². The molecule has 6 nitrogen and oxygen atoms in total. The molecule has 0 bridgehead atoms. The summed E-state index contributed by atoms with van der Waals surface area (Å²) in [7, 11) is 0. The Kier molecular flexibility index (Phi) is 5.08. The molecule has 1 aliphatic carbocycles. The van der Waals surface area contributed by atoms with Gasteiger partial charge in [-0.3, -0.25) is 9.59 Å². The lowest BCUT2D eigenvalue weighted by Crippen LogP contribution is -2.38. The average Bonchev–Trinajstić information content (AvgIpc) is 3.27. The number of amides is 2. The van der Waals surface area contributed by atoms with Gasteiger partial charge in [-0.15, -0.1) is 0 Å². The van der Waals surface area contributed by atoms with E-state index in [1.54, 1.807) is 0 Å². The number of nitrogens with one attached hydrogen (secondary N) is 3. The summed E-state index contributed by atoms with van der Waals surface area (Å²) >= 11 is 0. The van der Waals surface area contributed by atoms with Crippen LogP contribution in [0.4, 0.5) is 10.2 Å².